The maximum Gasteiger partial charge on any atom is 0.164 e. The number of pyridine rings is 2. The van der Waals surface area contributed by atoms with Gasteiger partial charge in [0.1, 0.15) is 23.0 Å². The molecule has 10 heteroatoms. The van der Waals surface area contributed by atoms with Crippen molar-refractivity contribution in [1.29, 1.82) is 0 Å². The predicted octanol–water partition coefficient (Wildman–Crippen LogP) is 28.8. The van der Waals surface area contributed by atoms with E-state index in [1.165, 1.54) is 55.3 Å². The summed E-state index contributed by atoms with van der Waals surface area (Å²) >= 11 is 0. The molecular weight excluding hydrogens is 1560 g/mol. The van der Waals surface area contributed by atoms with Crippen LogP contribution in [0.15, 0.2) is 437 Å². The van der Waals surface area contributed by atoms with Gasteiger partial charge in [0.2, 0.25) is 0 Å². The minimum absolute atomic E-state index is 0.571. The van der Waals surface area contributed by atoms with Crippen LogP contribution >= 0.6 is 0 Å². The Balaban J connectivity index is 0.000000139. The summed E-state index contributed by atoms with van der Waals surface area (Å²) in [6, 6.07) is 153. The van der Waals surface area contributed by atoms with Crippen molar-refractivity contribution in [3.05, 3.63) is 481 Å². The average molecular weight is 1630 g/mol. The van der Waals surface area contributed by atoms with Crippen LogP contribution < -0.4 is 9.47 Å². The summed E-state index contributed by atoms with van der Waals surface area (Å²) in [6.07, 6.45) is 0. The van der Waals surface area contributed by atoms with Crippen LogP contribution in [0.3, 0.4) is 0 Å². The van der Waals surface area contributed by atoms with Gasteiger partial charge in [-0.2, -0.15) is 0 Å². The lowest BCUT2D eigenvalue weighted by Crippen LogP contribution is -2.32. The Morgan fingerprint density at radius 1 is 0.164 bits per heavy atom. The third-order valence-electron chi connectivity index (χ3n) is 26.0. The monoisotopic (exact) mass is 1630 g/mol. The standard InChI is InChI=1S/2C59H36N4O/c1-4-17-37(18-5-1)55-45-33-34-49-54(43-25-10-11-26-46(43)59(49)47-27-12-14-29-51(47)64-52-30-15-13-28-48(52)59)53(45)44-32-31-41(36-50(44)60-55)40-23-16-24-42(35-40)58-62-56(38-19-6-2-7-20-38)61-57(63-58)39-21-8-3-9-22-39;1-4-16-38(17-5-1)55-45-34-35-49-54(43-22-10-11-23-46(43)59(49)47-24-12-14-26-51(47)64-52-27-15-13-25-48(52)59)53(45)44-33-32-42(36-50(44)60-55)37-28-30-41(31-29-37)58-62-56(39-18-6-2-7-19-39)61-57(63-58)40-20-8-3-9-21-40/h2*1-36H. The van der Waals surface area contributed by atoms with E-state index in [-0.39, 0.29) is 0 Å². The van der Waals surface area contributed by atoms with Gasteiger partial charge < -0.3 is 9.47 Å². The number of benzene rings is 18. The van der Waals surface area contributed by atoms with Crippen molar-refractivity contribution in [2.75, 3.05) is 0 Å². The molecule has 2 aliphatic heterocycles. The van der Waals surface area contributed by atoms with Crippen LogP contribution in [0.5, 0.6) is 23.0 Å². The first-order valence-electron chi connectivity index (χ1n) is 43.3. The van der Waals surface area contributed by atoms with Crippen LogP contribution in [-0.2, 0) is 10.8 Å². The van der Waals surface area contributed by atoms with Gasteiger partial charge in [0, 0.05) is 99.1 Å². The van der Waals surface area contributed by atoms with Crippen LogP contribution in [0.1, 0.15) is 44.5 Å². The molecule has 26 rings (SSSR count). The van der Waals surface area contributed by atoms with Gasteiger partial charge in [-0.05, 0) is 109 Å². The number of hydrogen-bond acceptors (Lipinski definition) is 10. The summed E-state index contributed by atoms with van der Waals surface area (Å²) in [7, 11) is 0. The van der Waals surface area contributed by atoms with E-state index in [0.717, 1.165) is 156 Å². The third-order valence-corrected chi connectivity index (χ3v) is 26.0. The van der Waals surface area contributed by atoms with E-state index in [9.17, 15) is 0 Å². The van der Waals surface area contributed by atoms with E-state index in [2.05, 4.69) is 315 Å². The molecule has 0 atom stereocenters. The molecule has 10 nitrogen and oxygen atoms in total. The molecule has 128 heavy (non-hydrogen) atoms. The first-order valence-corrected chi connectivity index (χ1v) is 43.3. The summed E-state index contributed by atoms with van der Waals surface area (Å²) in [4.78, 5) is 40.9. The topological polar surface area (TPSA) is 122 Å². The van der Waals surface area contributed by atoms with E-state index in [0.29, 0.717) is 34.9 Å². The van der Waals surface area contributed by atoms with Crippen molar-refractivity contribution in [1.82, 2.24) is 39.9 Å². The summed E-state index contributed by atoms with van der Waals surface area (Å²) in [5.41, 5.74) is 29.1. The molecule has 596 valence electrons. The summed E-state index contributed by atoms with van der Waals surface area (Å²) < 4.78 is 13.3. The molecule has 2 spiro atoms. The molecule has 0 unspecified atom stereocenters. The Kier molecular flexibility index (Phi) is 17.2. The molecule has 0 saturated carbocycles. The quantitative estimate of drug-likeness (QED) is 0.122. The van der Waals surface area contributed by atoms with E-state index in [1.807, 2.05) is 121 Å². The summed E-state index contributed by atoms with van der Waals surface area (Å²) in [5, 5.41) is 6.85. The molecule has 18 aromatic carbocycles. The minimum Gasteiger partial charge on any atom is -0.457 e. The Morgan fingerprint density at radius 2 is 0.422 bits per heavy atom. The highest BCUT2D eigenvalue weighted by molar-refractivity contribution is 6.22. The zero-order chi connectivity index (χ0) is 84.4. The number of rotatable bonds is 10. The van der Waals surface area contributed by atoms with Gasteiger partial charge in [-0.3, -0.25) is 0 Å². The number of para-hydroxylation sites is 4. The van der Waals surface area contributed by atoms with Crippen molar-refractivity contribution in [3.8, 4) is 158 Å². The molecule has 4 aliphatic rings. The van der Waals surface area contributed by atoms with Gasteiger partial charge in [0.15, 0.2) is 34.9 Å². The SMILES string of the molecule is c1ccc(-c2nc(-c3ccccc3)nc(-c3ccc(-c4ccc5c(c4)nc(-c4ccccc4)c4ccc6c(c45)-c4ccccc4C64c5ccccc5Oc5ccccc54)cc3)n2)cc1.c1ccc(-c2nc(-c3ccccc3)nc(-c3cccc(-c4ccc5c(c4)nc(-c4ccccc4)c4ccc6c(c45)-c4ccccc4C64c5ccccc5Oc5ccccc54)c3)n2)cc1. The zero-order valence-electron chi connectivity index (χ0n) is 69.0. The van der Waals surface area contributed by atoms with E-state index >= 15 is 0 Å². The van der Waals surface area contributed by atoms with Crippen LogP contribution in [-0.4, -0.2) is 39.9 Å². The van der Waals surface area contributed by atoms with Gasteiger partial charge >= 0.3 is 0 Å². The van der Waals surface area contributed by atoms with Gasteiger partial charge in [0.25, 0.3) is 0 Å². The maximum absolute atomic E-state index is 6.65. The highest BCUT2D eigenvalue weighted by Crippen LogP contribution is 2.66. The number of nitrogens with zero attached hydrogens (tertiary/aromatic N) is 8. The first kappa shape index (κ1) is 73.6. The Bertz CT molecular complexity index is 8040. The van der Waals surface area contributed by atoms with Crippen molar-refractivity contribution in [2.45, 2.75) is 10.8 Å². The lowest BCUT2D eigenvalue weighted by molar-refractivity contribution is 0.436. The van der Waals surface area contributed by atoms with Crippen molar-refractivity contribution >= 4 is 43.4 Å². The van der Waals surface area contributed by atoms with Gasteiger partial charge in [-0.15, -0.1) is 0 Å². The Hall–Kier alpha value is -17.1. The normalized spacial score (nSPS) is 12.9. The third kappa shape index (κ3) is 11.7. The molecule has 6 heterocycles. The lowest BCUT2D eigenvalue weighted by atomic mass is 9.66. The van der Waals surface area contributed by atoms with Gasteiger partial charge in [-0.25, -0.2) is 39.9 Å². The van der Waals surface area contributed by atoms with E-state index < -0.39 is 10.8 Å². The lowest BCUT2D eigenvalue weighted by Gasteiger charge is -2.39. The van der Waals surface area contributed by atoms with Gasteiger partial charge in [-0.1, -0.05) is 394 Å². The highest BCUT2D eigenvalue weighted by Gasteiger charge is 2.54. The second-order valence-electron chi connectivity index (χ2n) is 33.0. The van der Waals surface area contributed by atoms with Crippen molar-refractivity contribution in [3.63, 3.8) is 0 Å². The second-order valence-corrected chi connectivity index (χ2v) is 33.0. The zero-order valence-corrected chi connectivity index (χ0v) is 69.0. The molecule has 0 saturated heterocycles. The summed E-state index contributed by atoms with van der Waals surface area (Å²) in [6.45, 7) is 0. The fourth-order valence-electron chi connectivity index (χ4n) is 20.4. The number of ether oxygens (including phenoxy) is 2. The number of aromatic nitrogens is 8. The smallest absolute Gasteiger partial charge is 0.164 e. The number of fused-ring (bicyclic) bond motifs is 26. The largest absolute Gasteiger partial charge is 0.457 e. The molecule has 0 radical (unpaired) electrons. The molecule has 0 fully saturated rings. The van der Waals surface area contributed by atoms with Gasteiger partial charge in [0.05, 0.1) is 33.3 Å². The first-order chi connectivity index (χ1) is 63.4. The molecule has 0 N–H and O–H groups in total. The Morgan fingerprint density at radius 3 is 0.789 bits per heavy atom. The molecule has 4 aromatic heterocycles. The maximum atomic E-state index is 6.65. The predicted molar refractivity (Wildman–Crippen MR) is 514 cm³/mol. The van der Waals surface area contributed by atoms with Crippen LogP contribution in [0, 0.1) is 0 Å². The molecule has 0 amide bonds. The van der Waals surface area contributed by atoms with Crippen LogP contribution in [0.2, 0.25) is 0 Å². The Labute approximate surface area is 738 Å². The molecular formula is C118H72N8O2. The summed E-state index contributed by atoms with van der Waals surface area (Å²) in [5.74, 6) is 7.31. The number of hydrogen-bond donors (Lipinski definition) is 0. The highest BCUT2D eigenvalue weighted by atomic mass is 16.5. The molecule has 2 aliphatic carbocycles. The van der Waals surface area contributed by atoms with Crippen LogP contribution in [0.4, 0.5) is 0 Å². The van der Waals surface area contributed by atoms with E-state index in [4.69, 9.17) is 49.3 Å². The average Bonchev–Trinajstić information content (AvgIpc) is 1.51. The van der Waals surface area contributed by atoms with Crippen molar-refractivity contribution in [2.24, 2.45) is 0 Å². The minimum atomic E-state index is -0.579. The fraction of sp³-hybridized carbons (Fsp3) is 0.0169. The molecule has 22 aromatic rings. The van der Waals surface area contributed by atoms with Crippen molar-refractivity contribution < 1.29 is 9.47 Å². The van der Waals surface area contributed by atoms with E-state index in [1.54, 1.807) is 0 Å². The second kappa shape index (κ2) is 29.9. The fourth-order valence-corrected chi connectivity index (χ4v) is 20.4. The van der Waals surface area contributed by atoms with Crippen LogP contribution in [0.25, 0.3) is 179 Å². The molecule has 0 bridgehead atoms.